The lowest BCUT2D eigenvalue weighted by molar-refractivity contribution is -0.140. The van der Waals surface area contributed by atoms with E-state index in [0.29, 0.717) is 30.4 Å². The fourth-order valence-corrected chi connectivity index (χ4v) is 5.12. The van der Waals surface area contributed by atoms with E-state index in [1.165, 1.54) is 19.2 Å². The van der Waals surface area contributed by atoms with Gasteiger partial charge in [-0.3, -0.25) is 14.7 Å². The number of amides is 2. The number of fused-ring (bicyclic) bond motifs is 2. The summed E-state index contributed by atoms with van der Waals surface area (Å²) in [6.07, 6.45) is 1.98. The number of H-pyrrole nitrogens is 1. The Kier molecular flexibility index (Phi) is 5.95. The predicted molar refractivity (Wildman–Crippen MR) is 123 cm³/mol. The molecule has 2 atom stereocenters. The number of methoxy groups -OCH3 is 1. The van der Waals surface area contributed by atoms with Crippen LogP contribution in [0.25, 0.3) is 11.3 Å². The molecule has 2 aromatic heterocycles. The van der Waals surface area contributed by atoms with Crippen molar-refractivity contribution in [2.24, 2.45) is 17.8 Å². The van der Waals surface area contributed by atoms with Crippen LogP contribution < -0.4 is 10.1 Å². The van der Waals surface area contributed by atoms with Crippen molar-refractivity contribution in [3.63, 3.8) is 0 Å². The average Bonchev–Trinajstić information content (AvgIpc) is 3.32. The van der Waals surface area contributed by atoms with Crippen molar-refractivity contribution in [1.82, 2.24) is 25.4 Å². The highest BCUT2D eigenvalue weighted by molar-refractivity contribution is 6.30. The van der Waals surface area contributed by atoms with Crippen molar-refractivity contribution in [2.75, 3.05) is 20.2 Å². The minimum atomic E-state index is -0.558. The summed E-state index contributed by atoms with van der Waals surface area (Å²) in [4.78, 5) is 31.4. The minimum Gasteiger partial charge on any atom is -0.481 e. The lowest BCUT2D eigenvalue weighted by Gasteiger charge is -2.52. The van der Waals surface area contributed by atoms with E-state index in [0.717, 1.165) is 18.2 Å². The van der Waals surface area contributed by atoms with Gasteiger partial charge in [0.25, 0.3) is 5.91 Å². The van der Waals surface area contributed by atoms with Gasteiger partial charge in [0.1, 0.15) is 5.69 Å². The molecule has 4 heterocycles. The van der Waals surface area contributed by atoms with E-state index in [1.807, 2.05) is 18.2 Å². The van der Waals surface area contributed by atoms with Crippen molar-refractivity contribution in [3.05, 3.63) is 64.7 Å². The Balaban J connectivity index is 1.21. The number of ether oxygens (including phenoxy) is 1. The number of nitrogens with zero attached hydrogens (tertiary/aromatic N) is 3. The molecule has 3 aliphatic rings. The Bertz CT molecular complexity index is 1240. The highest BCUT2D eigenvalue weighted by atomic mass is 35.5. The molecule has 8 nitrogen and oxygen atoms in total. The van der Waals surface area contributed by atoms with Crippen LogP contribution >= 0.6 is 11.6 Å². The van der Waals surface area contributed by atoms with Crippen molar-refractivity contribution < 1.29 is 18.7 Å². The van der Waals surface area contributed by atoms with Crippen molar-refractivity contribution >= 4 is 23.4 Å². The standard InChI is InChI=1S/C24H23ClFN5O3/c1-34-21-7-17(18(26)10-27-21)19-8-20(30-29-19)24(33)31-11-14-6-15(12-31)22(14)23(32)28-9-13-3-2-4-16(25)5-13/h2-5,7-8,10,14-15,22H,6,9,11-12H2,1H3,(H,28,32)(H,29,30). The van der Waals surface area contributed by atoms with Gasteiger partial charge in [0.2, 0.25) is 11.8 Å². The summed E-state index contributed by atoms with van der Waals surface area (Å²) in [6, 6.07) is 10.4. The van der Waals surface area contributed by atoms with Gasteiger partial charge in [-0.2, -0.15) is 5.10 Å². The van der Waals surface area contributed by atoms with E-state index < -0.39 is 5.82 Å². The Hall–Kier alpha value is -3.46. The molecule has 2 unspecified atom stereocenters. The molecule has 1 saturated carbocycles. The molecule has 3 aromatic rings. The molecule has 2 amide bonds. The van der Waals surface area contributed by atoms with Crippen LogP contribution in [0.15, 0.2) is 42.6 Å². The number of hydrogen-bond donors (Lipinski definition) is 2. The average molecular weight is 484 g/mol. The zero-order valence-corrected chi connectivity index (χ0v) is 19.2. The van der Waals surface area contributed by atoms with Crippen LogP contribution in [0.4, 0.5) is 4.39 Å². The molecular weight excluding hydrogens is 461 g/mol. The third-order valence-electron chi connectivity index (χ3n) is 6.60. The Morgan fingerprint density at radius 2 is 2.06 bits per heavy atom. The molecule has 2 aliphatic heterocycles. The number of piperidine rings is 2. The van der Waals surface area contributed by atoms with Crippen LogP contribution in [0.3, 0.4) is 0 Å². The van der Waals surface area contributed by atoms with Gasteiger partial charge in [0, 0.05) is 42.2 Å². The van der Waals surface area contributed by atoms with E-state index in [1.54, 1.807) is 11.0 Å². The molecule has 6 rings (SSSR count). The number of halogens is 2. The Morgan fingerprint density at radius 1 is 1.26 bits per heavy atom. The Morgan fingerprint density at radius 3 is 2.79 bits per heavy atom. The number of hydrogen-bond acceptors (Lipinski definition) is 5. The number of carbonyl (C=O) groups is 2. The largest absolute Gasteiger partial charge is 0.481 e. The summed E-state index contributed by atoms with van der Waals surface area (Å²) in [5.74, 6) is -0.371. The summed E-state index contributed by atoms with van der Waals surface area (Å²) in [5.41, 5.74) is 1.70. The topological polar surface area (TPSA) is 100 Å². The van der Waals surface area contributed by atoms with Gasteiger partial charge in [-0.15, -0.1) is 0 Å². The third kappa shape index (κ3) is 4.23. The minimum absolute atomic E-state index is 0.0132. The first-order chi connectivity index (χ1) is 16.4. The van der Waals surface area contributed by atoms with Crippen molar-refractivity contribution in [2.45, 2.75) is 13.0 Å². The van der Waals surface area contributed by atoms with Gasteiger partial charge >= 0.3 is 0 Å². The fraction of sp³-hybridized carbons (Fsp3) is 0.333. The highest BCUT2D eigenvalue weighted by Crippen LogP contribution is 2.46. The van der Waals surface area contributed by atoms with Gasteiger partial charge in [-0.1, -0.05) is 23.7 Å². The van der Waals surface area contributed by atoms with Crippen molar-refractivity contribution in [3.8, 4) is 17.1 Å². The van der Waals surface area contributed by atoms with Crippen LogP contribution in [-0.2, 0) is 11.3 Å². The monoisotopic (exact) mass is 483 g/mol. The van der Waals surface area contributed by atoms with E-state index in [9.17, 15) is 14.0 Å². The first-order valence-corrected chi connectivity index (χ1v) is 11.4. The number of carbonyl (C=O) groups excluding carboxylic acids is 2. The summed E-state index contributed by atoms with van der Waals surface area (Å²) in [6.45, 7) is 1.41. The molecule has 34 heavy (non-hydrogen) atoms. The maximum atomic E-state index is 14.2. The summed E-state index contributed by atoms with van der Waals surface area (Å²) in [5, 5.41) is 10.4. The molecule has 176 valence electrons. The second-order valence-corrected chi connectivity index (χ2v) is 9.15. The first kappa shape index (κ1) is 22.3. The number of nitrogens with one attached hydrogen (secondary N) is 2. The number of aromatic amines is 1. The molecule has 10 heteroatoms. The number of pyridine rings is 1. The zero-order valence-electron chi connectivity index (χ0n) is 18.4. The molecule has 0 radical (unpaired) electrons. The van der Waals surface area contributed by atoms with Gasteiger partial charge in [0.15, 0.2) is 5.82 Å². The molecule has 1 aliphatic carbocycles. The van der Waals surface area contributed by atoms with Crippen LogP contribution in [0, 0.1) is 23.6 Å². The molecular formula is C24H23ClFN5O3. The van der Waals surface area contributed by atoms with Crippen LogP contribution in [0.1, 0.15) is 22.5 Å². The predicted octanol–water partition coefficient (Wildman–Crippen LogP) is 3.30. The molecule has 0 spiro atoms. The van der Waals surface area contributed by atoms with Crippen LogP contribution in [0.2, 0.25) is 5.02 Å². The van der Waals surface area contributed by atoms with Crippen LogP contribution in [-0.4, -0.2) is 52.1 Å². The number of rotatable bonds is 6. The second kappa shape index (κ2) is 9.06. The summed E-state index contributed by atoms with van der Waals surface area (Å²) >= 11 is 6.01. The summed E-state index contributed by atoms with van der Waals surface area (Å²) in [7, 11) is 1.44. The first-order valence-electron chi connectivity index (χ1n) is 11.0. The molecule has 2 bridgehead atoms. The van der Waals surface area contributed by atoms with Crippen LogP contribution in [0.5, 0.6) is 5.88 Å². The summed E-state index contributed by atoms with van der Waals surface area (Å²) < 4.78 is 19.3. The fourth-order valence-electron chi connectivity index (χ4n) is 4.90. The lowest BCUT2D eigenvalue weighted by Crippen LogP contribution is -2.60. The third-order valence-corrected chi connectivity index (χ3v) is 6.84. The quantitative estimate of drug-likeness (QED) is 0.560. The lowest BCUT2D eigenvalue weighted by atomic mass is 9.61. The van der Waals surface area contributed by atoms with Gasteiger partial charge in [-0.25, -0.2) is 9.37 Å². The van der Waals surface area contributed by atoms with E-state index in [2.05, 4.69) is 20.5 Å². The van der Waals surface area contributed by atoms with Gasteiger partial charge in [0.05, 0.1) is 19.0 Å². The zero-order chi connectivity index (χ0) is 23.8. The van der Waals surface area contributed by atoms with Crippen molar-refractivity contribution in [1.29, 1.82) is 0 Å². The molecule has 1 aromatic carbocycles. The Labute approximate surface area is 200 Å². The number of aromatic nitrogens is 3. The molecule has 2 N–H and O–H groups in total. The SMILES string of the molecule is COc1cc(-c2cc(C(=O)N3CC4CC(C3)C4C(=O)NCc3cccc(Cl)c3)[nH]n2)c(F)cn1. The van der Waals surface area contributed by atoms with E-state index in [-0.39, 0.29) is 46.7 Å². The van der Waals surface area contributed by atoms with Gasteiger partial charge in [-0.05, 0) is 42.0 Å². The molecule has 3 fully saturated rings. The highest BCUT2D eigenvalue weighted by Gasteiger charge is 2.51. The molecule has 2 saturated heterocycles. The second-order valence-electron chi connectivity index (χ2n) is 8.71. The maximum Gasteiger partial charge on any atom is 0.271 e. The number of benzene rings is 1. The maximum absolute atomic E-state index is 14.2. The smallest absolute Gasteiger partial charge is 0.271 e. The van der Waals surface area contributed by atoms with E-state index in [4.69, 9.17) is 16.3 Å². The normalized spacial score (nSPS) is 21.0. The van der Waals surface area contributed by atoms with E-state index >= 15 is 0 Å². The van der Waals surface area contributed by atoms with Gasteiger partial charge < -0.3 is 15.0 Å².